The summed E-state index contributed by atoms with van der Waals surface area (Å²) in [5.74, 6) is -0.868. The van der Waals surface area contributed by atoms with Gasteiger partial charge in [-0.2, -0.15) is 21.6 Å². The Morgan fingerprint density at radius 1 is 1.07 bits per heavy atom. The number of hydrogen-bond acceptors (Lipinski definition) is 6. The Kier molecular flexibility index (Phi) is 8.38. The third kappa shape index (κ3) is 6.06. The molecule has 1 fully saturated rings. The SMILES string of the molecule is CCCC1(C(=O)O)CCCN(c2cccc(S(=O)(=O)Nc3ccc(C(F)(F)F)c(-c4ccccc4CC)n3)n2)C1. The predicted octanol–water partition coefficient (Wildman–Crippen LogP) is 6.00. The van der Waals surface area contributed by atoms with Crippen LogP contribution in [0.15, 0.2) is 59.6 Å². The molecule has 12 heteroatoms. The molecule has 3 aromatic rings. The maximum atomic E-state index is 13.8. The number of piperidine rings is 1. The van der Waals surface area contributed by atoms with Gasteiger partial charge in [0.25, 0.3) is 10.0 Å². The first-order chi connectivity index (χ1) is 18.9. The van der Waals surface area contributed by atoms with Crippen molar-refractivity contribution in [2.45, 2.75) is 57.2 Å². The van der Waals surface area contributed by atoms with Crippen molar-refractivity contribution in [3.63, 3.8) is 0 Å². The van der Waals surface area contributed by atoms with E-state index < -0.39 is 33.1 Å². The van der Waals surface area contributed by atoms with Gasteiger partial charge in [-0.05, 0) is 55.5 Å². The molecule has 0 aliphatic carbocycles. The number of pyridine rings is 2. The predicted molar refractivity (Wildman–Crippen MR) is 146 cm³/mol. The monoisotopic (exact) mass is 576 g/mol. The second kappa shape index (κ2) is 11.4. The number of alkyl halides is 3. The Hall–Kier alpha value is -3.67. The van der Waals surface area contributed by atoms with E-state index in [1.807, 2.05) is 13.8 Å². The molecule has 40 heavy (non-hydrogen) atoms. The van der Waals surface area contributed by atoms with E-state index in [-0.39, 0.29) is 28.6 Å². The zero-order valence-corrected chi connectivity index (χ0v) is 23.0. The molecule has 0 saturated carbocycles. The number of nitrogens with one attached hydrogen (secondary N) is 1. The lowest BCUT2D eigenvalue weighted by atomic mass is 9.76. The van der Waals surface area contributed by atoms with Gasteiger partial charge in [-0.1, -0.05) is 50.6 Å². The third-order valence-electron chi connectivity index (χ3n) is 7.16. The number of aliphatic carboxylic acids is 1. The molecule has 1 unspecified atom stereocenters. The van der Waals surface area contributed by atoms with Gasteiger partial charge in [0.15, 0.2) is 5.03 Å². The lowest BCUT2D eigenvalue weighted by Crippen LogP contribution is -2.48. The van der Waals surface area contributed by atoms with Crippen molar-refractivity contribution in [2.75, 3.05) is 22.7 Å². The van der Waals surface area contributed by atoms with Crippen LogP contribution >= 0.6 is 0 Å². The summed E-state index contributed by atoms with van der Waals surface area (Å²) in [7, 11) is -4.34. The molecule has 8 nitrogen and oxygen atoms in total. The Bertz CT molecular complexity index is 1490. The van der Waals surface area contributed by atoms with E-state index in [0.717, 1.165) is 12.1 Å². The summed E-state index contributed by atoms with van der Waals surface area (Å²) in [4.78, 5) is 22.2. The van der Waals surface area contributed by atoms with Crippen molar-refractivity contribution in [1.82, 2.24) is 9.97 Å². The van der Waals surface area contributed by atoms with Crippen molar-refractivity contribution in [3.8, 4) is 11.3 Å². The van der Waals surface area contributed by atoms with Crippen LogP contribution in [0.2, 0.25) is 0 Å². The van der Waals surface area contributed by atoms with Crippen LogP contribution < -0.4 is 9.62 Å². The number of aromatic nitrogens is 2. The highest BCUT2D eigenvalue weighted by Gasteiger charge is 2.42. The number of sulfonamides is 1. The third-order valence-corrected chi connectivity index (χ3v) is 8.42. The Balaban J connectivity index is 1.67. The highest BCUT2D eigenvalue weighted by atomic mass is 32.2. The second-order valence-corrected chi connectivity index (χ2v) is 11.5. The number of halogens is 3. The summed E-state index contributed by atoms with van der Waals surface area (Å²) in [5, 5.41) is 9.55. The van der Waals surface area contributed by atoms with E-state index in [1.54, 1.807) is 29.2 Å². The molecule has 1 saturated heterocycles. The van der Waals surface area contributed by atoms with E-state index in [9.17, 15) is 31.5 Å². The van der Waals surface area contributed by atoms with Gasteiger partial charge >= 0.3 is 12.1 Å². The molecule has 1 atom stereocenters. The molecular formula is C28H31F3N4O4S. The highest BCUT2D eigenvalue weighted by Crippen LogP contribution is 2.39. The number of benzene rings is 1. The van der Waals surface area contributed by atoms with Crippen LogP contribution in [0.5, 0.6) is 0 Å². The fourth-order valence-corrected chi connectivity index (χ4v) is 6.19. The minimum absolute atomic E-state index is 0.195. The van der Waals surface area contributed by atoms with Crippen LogP contribution in [0.1, 0.15) is 50.7 Å². The van der Waals surface area contributed by atoms with Gasteiger partial charge in [-0.25, -0.2) is 9.97 Å². The lowest BCUT2D eigenvalue weighted by Gasteiger charge is -2.40. The van der Waals surface area contributed by atoms with Crippen molar-refractivity contribution in [1.29, 1.82) is 0 Å². The van der Waals surface area contributed by atoms with E-state index in [4.69, 9.17) is 0 Å². The number of nitrogens with zero attached hydrogens (tertiary/aromatic N) is 3. The molecule has 1 aromatic carbocycles. The minimum Gasteiger partial charge on any atom is -0.481 e. The van der Waals surface area contributed by atoms with Crippen LogP contribution in [-0.2, 0) is 27.4 Å². The van der Waals surface area contributed by atoms with Crippen molar-refractivity contribution >= 4 is 27.6 Å². The highest BCUT2D eigenvalue weighted by molar-refractivity contribution is 7.92. The molecule has 1 aliphatic heterocycles. The number of carbonyl (C=O) groups is 1. The lowest BCUT2D eigenvalue weighted by molar-refractivity contribution is -0.150. The van der Waals surface area contributed by atoms with E-state index in [1.165, 1.54) is 18.2 Å². The van der Waals surface area contributed by atoms with Gasteiger partial charge in [0.05, 0.1) is 16.7 Å². The fourth-order valence-electron chi connectivity index (χ4n) is 5.22. The molecule has 2 aromatic heterocycles. The Morgan fingerprint density at radius 2 is 1.82 bits per heavy atom. The van der Waals surface area contributed by atoms with Gasteiger partial charge in [0.1, 0.15) is 11.6 Å². The first kappa shape index (κ1) is 29.3. The Morgan fingerprint density at radius 3 is 2.50 bits per heavy atom. The molecule has 0 spiro atoms. The van der Waals surface area contributed by atoms with Gasteiger partial charge < -0.3 is 10.0 Å². The molecule has 0 amide bonds. The number of anilines is 2. The van der Waals surface area contributed by atoms with Crippen LogP contribution in [0.25, 0.3) is 11.3 Å². The van der Waals surface area contributed by atoms with Crippen LogP contribution in [0.3, 0.4) is 0 Å². The van der Waals surface area contributed by atoms with Gasteiger partial charge in [0, 0.05) is 18.7 Å². The average molecular weight is 577 g/mol. The maximum Gasteiger partial charge on any atom is 0.418 e. The van der Waals surface area contributed by atoms with Crippen LogP contribution in [-0.4, -0.2) is 42.6 Å². The van der Waals surface area contributed by atoms with Gasteiger partial charge in [-0.15, -0.1) is 0 Å². The van der Waals surface area contributed by atoms with Gasteiger partial charge in [0.2, 0.25) is 0 Å². The number of carboxylic acids is 1. The van der Waals surface area contributed by atoms with Crippen molar-refractivity contribution in [2.24, 2.45) is 5.41 Å². The van der Waals surface area contributed by atoms with E-state index in [0.29, 0.717) is 50.0 Å². The van der Waals surface area contributed by atoms with E-state index in [2.05, 4.69) is 14.7 Å². The number of carboxylic acid groups (broad SMARTS) is 1. The van der Waals surface area contributed by atoms with Crippen LogP contribution in [0.4, 0.5) is 24.8 Å². The summed E-state index contributed by atoms with van der Waals surface area (Å²) in [6, 6.07) is 12.7. The average Bonchev–Trinajstić information content (AvgIpc) is 2.92. The second-order valence-electron chi connectivity index (χ2n) is 9.90. The van der Waals surface area contributed by atoms with Crippen molar-refractivity contribution in [3.05, 3.63) is 65.7 Å². The summed E-state index contributed by atoms with van der Waals surface area (Å²) < 4.78 is 70.4. The topological polar surface area (TPSA) is 112 Å². The first-order valence-electron chi connectivity index (χ1n) is 13.0. The smallest absolute Gasteiger partial charge is 0.418 e. The fraction of sp³-hybridized carbons (Fsp3) is 0.393. The molecule has 2 N–H and O–H groups in total. The summed E-state index contributed by atoms with van der Waals surface area (Å²) in [5.41, 5.74) is -1.40. The largest absolute Gasteiger partial charge is 0.481 e. The molecule has 4 rings (SSSR count). The number of aryl methyl sites for hydroxylation is 1. The normalized spacial score (nSPS) is 18.0. The summed E-state index contributed by atoms with van der Waals surface area (Å²) in [6.45, 7) is 4.44. The van der Waals surface area contributed by atoms with Crippen LogP contribution in [0, 0.1) is 5.41 Å². The number of rotatable bonds is 9. The molecule has 214 valence electrons. The molecule has 3 heterocycles. The molecular weight excluding hydrogens is 545 g/mol. The quantitative estimate of drug-likeness (QED) is 0.321. The minimum atomic E-state index is -4.70. The summed E-state index contributed by atoms with van der Waals surface area (Å²) in [6.07, 6.45) is -1.93. The Labute approximate surface area is 231 Å². The summed E-state index contributed by atoms with van der Waals surface area (Å²) >= 11 is 0. The van der Waals surface area contributed by atoms with E-state index >= 15 is 0 Å². The zero-order chi connectivity index (χ0) is 29.1. The molecule has 0 bridgehead atoms. The maximum absolute atomic E-state index is 13.8. The molecule has 0 radical (unpaired) electrons. The number of hydrogen-bond donors (Lipinski definition) is 2. The van der Waals surface area contributed by atoms with Gasteiger partial charge in [-0.3, -0.25) is 9.52 Å². The standard InChI is InChI=1S/C28H31F3N4O4S/c1-3-15-27(26(36)37)16-8-17-35(18-27)23-11-7-12-24(33-23)40(38,39)34-22-14-13-21(28(29,30)31)25(32-22)20-10-6-5-9-19(20)4-2/h5-7,9-14H,3-4,8,15-18H2,1-2H3,(H,32,34)(H,36,37). The first-order valence-corrected chi connectivity index (χ1v) is 14.5. The molecule has 1 aliphatic rings. The van der Waals surface area contributed by atoms with Crippen molar-refractivity contribution < 1.29 is 31.5 Å². The zero-order valence-electron chi connectivity index (χ0n) is 22.2.